The molecule has 1 atom stereocenters. The Kier molecular flexibility index (Phi) is 6.46. The van der Waals surface area contributed by atoms with E-state index in [0.29, 0.717) is 25.3 Å². The molecule has 0 N–H and O–H groups in total. The highest BCUT2D eigenvalue weighted by Crippen LogP contribution is 2.30. The molecule has 0 amide bonds. The summed E-state index contributed by atoms with van der Waals surface area (Å²) in [5, 5.41) is 9.17. The standard InChI is InChI=1S/C25H19F3N6O4/c1-37-23-22-20(8-21(31-23)32-5-4-14(9-29)12-32)33(15-2-3-18(27)19(28)7-15)25(36)34(24(22)35)16-6-17(38-13-26)11-30-10-16/h2-3,6-8,10-11,14H,4-5,12-13H2,1H3/t14-/m0/s1. The predicted octanol–water partition coefficient (Wildman–Crippen LogP) is 2.87. The topological polar surface area (TPSA) is 115 Å². The summed E-state index contributed by atoms with van der Waals surface area (Å²) in [5.74, 6) is -2.40. The molecule has 1 saturated heterocycles. The van der Waals surface area contributed by atoms with Crippen LogP contribution in [0.1, 0.15) is 6.42 Å². The summed E-state index contributed by atoms with van der Waals surface area (Å²) >= 11 is 0. The molecule has 0 spiro atoms. The van der Waals surface area contributed by atoms with Crippen molar-refractivity contribution in [3.63, 3.8) is 0 Å². The summed E-state index contributed by atoms with van der Waals surface area (Å²) in [5.41, 5.74) is -1.90. The van der Waals surface area contributed by atoms with E-state index in [9.17, 15) is 28.0 Å². The van der Waals surface area contributed by atoms with Crippen LogP contribution in [0, 0.1) is 28.9 Å². The van der Waals surface area contributed by atoms with Gasteiger partial charge in [0.15, 0.2) is 11.6 Å². The molecule has 13 heteroatoms. The first-order valence-corrected chi connectivity index (χ1v) is 11.4. The van der Waals surface area contributed by atoms with Gasteiger partial charge in [-0.05, 0) is 18.6 Å². The van der Waals surface area contributed by atoms with E-state index in [-0.39, 0.29) is 39.8 Å². The average molecular weight is 524 g/mol. The number of pyridine rings is 2. The second kappa shape index (κ2) is 9.89. The van der Waals surface area contributed by atoms with Gasteiger partial charge in [0.2, 0.25) is 12.7 Å². The minimum atomic E-state index is -1.21. The van der Waals surface area contributed by atoms with E-state index in [4.69, 9.17) is 9.47 Å². The van der Waals surface area contributed by atoms with Crippen LogP contribution in [0.4, 0.5) is 19.0 Å². The molecule has 10 nitrogen and oxygen atoms in total. The number of hydrogen-bond donors (Lipinski definition) is 0. The number of aromatic nitrogens is 4. The first-order valence-electron chi connectivity index (χ1n) is 11.4. The van der Waals surface area contributed by atoms with Gasteiger partial charge < -0.3 is 14.4 Å². The fourth-order valence-corrected chi connectivity index (χ4v) is 4.43. The van der Waals surface area contributed by atoms with Crippen molar-refractivity contribution in [2.45, 2.75) is 6.42 Å². The fraction of sp³-hybridized carbons (Fsp3) is 0.240. The quantitative estimate of drug-likeness (QED) is 0.378. The first-order chi connectivity index (χ1) is 18.4. The van der Waals surface area contributed by atoms with Crippen LogP contribution < -0.4 is 25.6 Å². The van der Waals surface area contributed by atoms with E-state index in [1.807, 2.05) is 4.90 Å². The highest BCUT2D eigenvalue weighted by Gasteiger charge is 2.27. The van der Waals surface area contributed by atoms with Crippen LogP contribution in [0.3, 0.4) is 0 Å². The molecule has 0 aliphatic carbocycles. The Morgan fingerprint density at radius 1 is 1.11 bits per heavy atom. The van der Waals surface area contributed by atoms with Gasteiger partial charge in [0, 0.05) is 31.3 Å². The van der Waals surface area contributed by atoms with Crippen molar-refractivity contribution in [1.82, 2.24) is 19.1 Å². The summed E-state index contributed by atoms with van der Waals surface area (Å²) in [6, 6.07) is 7.77. The summed E-state index contributed by atoms with van der Waals surface area (Å²) in [6.45, 7) is -0.294. The Labute approximate surface area is 212 Å². The molecule has 1 aliphatic rings. The fourth-order valence-electron chi connectivity index (χ4n) is 4.43. The molecule has 4 aromatic rings. The molecule has 1 fully saturated rings. The van der Waals surface area contributed by atoms with Crippen LogP contribution in [0.25, 0.3) is 22.3 Å². The molecule has 0 saturated carbocycles. The third kappa shape index (κ3) is 4.19. The number of methoxy groups -OCH3 is 1. The van der Waals surface area contributed by atoms with Crippen LogP contribution in [-0.2, 0) is 0 Å². The number of anilines is 1. The normalized spacial score (nSPS) is 15.0. The van der Waals surface area contributed by atoms with E-state index < -0.39 is 29.7 Å². The maximum atomic E-state index is 14.3. The molecule has 4 heterocycles. The van der Waals surface area contributed by atoms with Gasteiger partial charge >= 0.3 is 5.69 Å². The van der Waals surface area contributed by atoms with Crippen molar-refractivity contribution < 1.29 is 22.6 Å². The zero-order valence-corrected chi connectivity index (χ0v) is 19.9. The van der Waals surface area contributed by atoms with E-state index in [2.05, 4.69) is 16.0 Å². The molecule has 1 aromatic carbocycles. The average Bonchev–Trinajstić information content (AvgIpc) is 3.40. The molecule has 0 bridgehead atoms. The number of nitrogens with zero attached hydrogens (tertiary/aromatic N) is 6. The van der Waals surface area contributed by atoms with Crippen molar-refractivity contribution in [2.24, 2.45) is 5.92 Å². The minimum absolute atomic E-state index is 0.0219. The largest absolute Gasteiger partial charge is 0.480 e. The van der Waals surface area contributed by atoms with Gasteiger partial charge in [-0.3, -0.25) is 14.3 Å². The lowest BCUT2D eigenvalue weighted by Gasteiger charge is -2.21. The molecule has 38 heavy (non-hydrogen) atoms. The summed E-state index contributed by atoms with van der Waals surface area (Å²) in [4.78, 5) is 37.7. The van der Waals surface area contributed by atoms with Gasteiger partial charge in [0.1, 0.15) is 17.0 Å². The number of alkyl halides is 1. The third-order valence-corrected chi connectivity index (χ3v) is 6.22. The lowest BCUT2D eigenvalue weighted by molar-refractivity contribution is 0.191. The Balaban J connectivity index is 1.87. The van der Waals surface area contributed by atoms with E-state index in [1.54, 1.807) is 0 Å². The highest BCUT2D eigenvalue weighted by molar-refractivity contribution is 5.87. The van der Waals surface area contributed by atoms with E-state index in [0.717, 1.165) is 21.3 Å². The van der Waals surface area contributed by atoms with Gasteiger partial charge in [-0.15, -0.1) is 0 Å². The summed E-state index contributed by atoms with van der Waals surface area (Å²) < 4.78 is 52.8. The Morgan fingerprint density at radius 3 is 2.61 bits per heavy atom. The van der Waals surface area contributed by atoms with Gasteiger partial charge in [0.05, 0.1) is 48.4 Å². The number of fused-ring (bicyclic) bond motifs is 1. The van der Waals surface area contributed by atoms with Gasteiger partial charge in [-0.25, -0.2) is 22.5 Å². The van der Waals surface area contributed by atoms with Crippen molar-refractivity contribution in [1.29, 1.82) is 5.26 Å². The molecule has 0 unspecified atom stereocenters. The molecule has 1 aliphatic heterocycles. The smallest absolute Gasteiger partial charge is 0.340 e. The number of benzene rings is 1. The van der Waals surface area contributed by atoms with Crippen molar-refractivity contribution >= 4 is 16.7 Å². The number of rotatable bonds is 6. The summed E-state index contributed by atoms with van der Waals surface area (Å²) in [7, 11) is 1.29. The number of hydrogen-bond acceptors (Lipinski definition) is 8. The molecular formula is C25H19F3N6O4. The van der Waals surface area contributed by atoms with Gasteiger partial charge in [-0.2, -0.15) is 10.2 Å². The Hall–Kier alpha value is -4.86. The van der Waals surface area contributed by atoms with Gasteiger partial charge in [0.25, 0.3) is 5.56 Å². The lowest BCUT2D eigenvalue weighted by atomic mass is 10.1. The van der Waals surface area contributed by atoms with Crippen molar-refractivity contribution in [2.75, 3.05) is 32.0 Å². The first kappa shape index (κ1) is 24.8. The highest BCUT2D eigenvalue weighted by atomic mass is 19.2. The Morgan fingerprint density at radius 2 is 1.92 bits per heavy atom. The second-order valence-corrected chi connectivity index (χ2v) is 8.43. The predicted molar refractivity (Wildman–Crippen MR) is 130 cm³/mol. The number of ether oxygens (including phenoxy) is 2. The molecule has 0 radical (unpaired) electrons. The molecule has 194 valence electrons. The summed E-state index contributed by atoms with van der Waals surface area (Å²) in [6.07, 6.45) is 2.98. The van der Waals surface area contributed by atoms with Crippen LogP contribution >= 0.6 is 0 Å². The van der Waals surface area contributed by atoms with Crippen LogP contribution in [-0.4, -0.2) is 46.2 Å². The number of nitriles is 1. The Bertz CT molecular complexity index is 1710. The van der Waals surface area contributed by atoms with Crippen LogP contribution in [0.5, 0.6) is 11.6 Å². The second-order valence-electron chi connectivity index (χ2n) is 8.43. The molecule has 3 aromatic heterocycles. The van der Waals surface area contributed by atoms with Crippen molar-refractivity contribution in [3.8, 4) is 29.1 Å². The van der Waals surface area contributed by atoms with Crippen molar-refractivity contribution in [3.05, 3.63) is 75.2 Å². The number of halogens is 3. The van der Waals surface area contributed by atoms with E-state index >= 15 is 0 Å². The van der Waals surface area contributed by atoms with Gasteiger partial charge in [-0.1, -0.05) is 0 Å². The zero-order valence-electron chi connectivity index (χ0n) is 19.9. The SMILES string of the molecule is COc1nc(N2CC[C@@H](C#N)C2)cc2c1c(=O)n(-c1cncc(OCF)c1)c(=O)n2-c1ccc(F)c(F)c1. The lowest BCUT2D eigenvalue weighted by Crippen LogP contribution is -2.39. The van der Waals surface area contributed by atoms with E-state index in [1.165, 1.54) is 37.7 Å². The van der Waals surface area contributed by atoms with Crippen LogP contribution in [0.15, 0.2) is 52.3 Å². The molecular weight excluding hydrogens is 505 g/mol. The minimum Gasteiger partial charge on any atom is -0.480 e. The maximum Gasteiger partial charge on any atom is 0.340 e. The monoisotopic (exact) mass is 524 g/mol. The third-order valence-electron chi connectivity index (χ3n) is 6.22. The zero-order chi connectivity index (χ0) is 27.0. The maximum absolute atomic E-state index is 14.3. The van der Waals surface area contributed by atoms with Crippen LogP contribution in [0.2, 0.25) is 0 Å². The molecule has 5 rings (SSSR count).